The number of halogens is 3. The quantitative estimate of drug-likeness (QED) is 0.218. The van der Waals surface area contributed by atoms with Crippen molar-refractivity contribution >= 4 is 29.9 Å². The summed E-state index contributed by atoms with van der Waals surface area (Å²) >= 11 is 0. The molecule has 2 rings (SSSR count). The van der Waals surface area contributed by atoms with Crippen LogP contribution in [0.3, 0.4) is 0 Å². The van der Waals surface area contributed by atoms with Gasteiger partial charge in [0.2, 0.25) is 0 Å². The van der Waals surface area contributed by atoms with Crippen LogP contribution in [0.15, 0.2) is 29.3 Å². The number of aliphatic imine (C=N–C) groups is 1. The van der Waals surface area contributed by atoms with Crippen LogP contribution in [0.25, 0.3) is 0 Å². The molecule has 160 valence electrons. The van der Waals surface area contributed by atoms with E-state index in [1.807, 2.05) is 6.07 Å². The zero-order chi connectivity index (χ0) is 19.3. The Bertz CT molecular complexity index is 573. The first-order valence-electron chi connectivity index (χ1n) is 9.31. The molecule has 1 heterocycles. The predicted octanol–water partition coefficient (Wildman–Crippen LogP) is 3.40. The Labute approximate surface area is 182 Å². The highest BCUT2D eigenvalue weighted by Crippen LogP contribution is 2.16. The second-order valence-electron chi connectivity index (χ2n) is 6.36. The molecule has 1 fully saturated rings. The molecule has 0 saturated carbocycles. The van der Waals surface area contributed by atoms with E-state index in [1.54, 1.807) is 19.2 Å². The van der Waals surface area contributed by atoms with E-state index in [9.17, 15) is 8.78 Å². The molecule has 0 bridgehead atoms. The van der Waals surface area contributed by atoms with Gasteiger partial charge in [0.25, 0.3) is 0 Å². The number of nitrogens with one attached hydrogen (secondary N) is 2. The maximum atomic E-state index is 12.3. The lowest BCUT2D eigenvalue weighted by Crippen LogP contribution is -2.37. The highest BCUT2D eigenvalue weighted by molar-refractivity contribution is 14.0. The van der Waals surface area contributed by atoms with Crippen LogP contribution in [0.5, 0.6) is 5.75 Å². The summed E-state index contributed by atoms with van der Waals surface area (Å²) in [7, 11) is 1.69. The van der Waals surface area contributed by atoms with Gasteiger partial charge in [-0.1, -0.05) is 12.1 Å². The van der Waals surface area contributed by atoms with Crippen LogP contribution < -0.4 is 15.4 Å². The van der Waals surface area contributed by atoms with E-state index in [0.717, 1.165) is 51.2 Å². The third-order valence-electron chi connectivity index (χ3n) is 4.26. The lowest BCUT2D eigenvalue weighted by molar-refractivity contribution is -0.0498. The molecule has 1 aromatic carbocycles. The normalized spacial score (nSPS) is 15.2. The monoisotopic (exact) mass is 513 g/mol. The summed E-state index contributed by atoms with van der Waals surface area (Å²) in [5, 5.41) is 6.36. The van der Waals surface area contributed by atoms with Gasteiger partial charge in [-0.15, -0.1) is 24.0 Å². The van der Waals surface area contributed by atoms with Gasteiger partial charge in [-0.05, 0) is 42.9 Å². The molecule has 1 aliphatic heterocycles. The molecular weight excluding hydrogens is 483 g/mol. The van der Waals surface area contributed by atoms with Crippen molar-refractivity contribution in [3.05, 3.63) is 29.8 Å². The number of hydrogen-bond acceptors (Lipinski definition) is 4. The summed E-state index contributed by atoms with van der Waals surface area (Å²) in [5.41, 5.74) is 0.830. The Kier molecular flexibility index (Phi) is 13.1. The molecule has 0 amide bonds. The number of hydrogen-bond donors (Lipinski definition) is 2. The first kappa shape index (κ1) is 24.8. The van der Waals surface area contributed by atoms with Crippen molar-refractivity contribution < 1.29 is 23.0 Å². The smallest absolute Gasteiger partial charge is 0.387 e. The zero-order valence-corrected chi connectivity index (χ0v) is 18.5. The first-order chi connectivity index (χ1) is 13.2. The SMILES string of the molecule is CN=C(NCCCOCC1CCOCC1)NCc1cccc(OC(F)F)c1.I. The van der Waals surface area contributed by atoms with Crippen molar-refractivity contribution in [3.8, 4) is 5.75 Å². The number of alkyl halides is 2. The van der Waals surface area contributed by atoms with Crippen LogP contribution in [0.4, 0.5) is 8.78 Å². The Morgan fingerprint density at radius 3 is 2.79 bits per heavy atom. The molecule has 0 atom stereocenters. The van der Waals surface area contributed by atoms with Gasteiger partial charge in [0.1, 0.15) is 5.75 Å². The molecule has 2 N–H and O–H groups in total. The van der Waals surface area contributed by atoms with Crippen molar-refractivity contribution in [3.63, 3.8) is 0 Å². The standard InChI is InChI=1S/C19H29F2N3O3.HI/c1-22-19(23-8-3-9-26-14-15-6-10-25-11-7-15)24-13-16-4-2-5-17(12-16)27-18(20)21;/h2,4-5,12,15,18H,3,6-11,13-14H2,1H3,(H2,22,23,24);1H. The second kappa shape index (κ2) is 14.7. The van der Waals surface area contributed by atoms with Crippen molar-refractivity contribution in [2.75, 3.05) is 40.0 Å². The van der Waals surface area contributed by atoms with E-state index in [1.165, 1.54) is 6.07 Å². The topological polar surface area (TPSA) is 64.1 Å². The molecule has 1 aromatic rings. The van der Waals surface area contributed by atoms with E-state index in [4.69, 9.17) is 9.47 Å². The lowest BCUT2D eigenvalue weighted by atomic mass is 10.0. The van der Waals surface area contributed by atoms with Crippen LogP contribution in [0.2, 0.25) is 0 Å². The average molecular weight is 513 g/mol. The number of guanidine groups is 1. The Morgan fingerprint density at radius 1 is 1.29 bits per heavy atom. The van der Waals surface area contributed by atoms with Gasteiger partial charge in [0, 0.05) is 46.6 Å². The van der Waals surface area contributed by atoms with Crippen molar-refractivity contribution in [2.45, 2.75) is 32.4 Å². The fraction of sp³-hybridized carbons (Fsp3) is 0.632. The maximum Gasteiger partial charge on any atom is 0.387 e. The third kappa shape index (κ3) is 10.4. The van der Waals surface area contributed by atoms with E-state index < -0.39 is 6.61 Å². The average Bonchev–Trinajstić information content (AvgIpc) is 2.67. The van der Waals surface area contributed by atoms with Crippen LogP contribution >= 0.6 is 24.0 Å². The molecule has 0 spiro atoms. The van der Waals surface area contributed by atoms with Gasteiger partial charge in [0.05, 0.1) is 0 Å². The molecule has 9 heteroatoms. The van der Waals surface area contributed by atoms with Gasteiger partial charge in [-0.3, -0.25) is 4.99 Å². The number of nitrogens with zero attached hydrogens (tertiary/aromatic N) is 1. The largest absolute Gasteiger partial charge is 0.435 e. The summed E-state index contributed by atoms with van der Waals surface area (Å²) in [4.78, 5) is 4.15. The molecule has 28 heavy (non-hydrogen) atoms. The molecule has 0 aromatic heterocycles. The molecule has 0 unspecified atom stereocenters. The minimum atomic E-state index is -2.82. The predicted molar refractivity (Wildman–Crippen MR) is 116 cm³/mol. The Morgan fingerprint density at radius 2 is 2.07 bits per heavy atom. The fourth-order valence-electron chi connectivity index (χ4n) is 2.78. The van der Waals surface area contributed by atoms with Crippen LogP contribution in [-0.2, 0) is 16.0 Å². The summed E-state index contributed by atoms with van der Waals surface area (Å²) in [6, 6.07) is 6.60. The van der Waals surface area contributed by atoms with E-state index in [0.29, 0.717) is 25.0 Å². The summed E-state index contributed by atoms with van der Waals surface area (Å²) in [6.45, 7) is 1.56. The molecular formula is C19H30F2IN3O3. The van der Waals surface area contributed by atoms with Gasteiger partial charge < -0.3 is 24.8 Å². The number of benzene rings is 1. The first-order valence-corrected chi connectivity index (χ1v) is 9.31. The van der Waals surface area contributed by atoms with Gasteiger partial charge in [-0.2, -0.15) is 8.78 Å². The molecule has 1 aliphatic rings. The summed E-state index contributed by atoms with van der Waals surface area (Å²) < 4.78 is 40.0. The van der Waals surface area contributed by atoms with Crippen LogP contribution in [0, 0.1) is 5.92 Å². The van der Waals surface area contributed by atoms with E-state index in [-0.39, 0.29) is 29.7 Å². The molecule has 0 radical (unpaired) electrons. The summed E-state index contributed by atoms with van der Waals surface area (Å²) in [5.74, 6) is 1.42. The highest BCUT2D eigenvalue weighted by atomic mass is 127. The third-order valence-corrected chi connectivity index (χ3v) is 4.26. The Balaban J connectivity index is 0.00000392. The minimum absolute atomic E-state index is 0. The Hall–Kier alpha value is -1.20. The molecule has 6 nitrogen and oxygen atoms in total. The van der Waals surface area contributed by atoms with E-state index in [2.05, 4.69) is 20.4 Å². The van der Waals surface area contributed by atoms with Gasteiger partial charge in [0.15, 0.2) is 5.96 Å². The lowest BCUT2D eigenvalue weighted by Gasteiger charge is -2.21. The van der Waals surface area contributed by atoms with E-state index >= 15 is 0 Å². The van der Waals surface area contributed by atoms with Crippen LogP contribution in [0.1, 0.15) is 24.8 Å². The molecule has 0 aliphatic carbocycles. The zero-order valence-electron chi connectivity index (χ0n) is 16.2. The number of ether oxygens (including phenoxy) is 3. The summed E-state index contributed by atoms with van der Waals surface area (Å²) in [6.07, 6.45) is 3.04. The minimum Gasteiger partial charge on any atom is -0.435 e. The van der Waals surface area contributed by atoms with Crippen molar-refractivity contribution in [1.82, 2.24) is 10.6 Å². The van der Waals surface area contributed by atoms with Crippen molar-refractivity contribution in [1.29, 1.82) is 0 Å². The van der Waals surface area contributed by atoms with Crippen molar-refractivity contribution in [2.24, 2.45) is 10.9 Å². The fourth-order valence-corrected chi connectivity index (χ4v) is 2.78. The maximum absolute atomic E-state index is 12.3. The van der Waals surface area contributed by atoms with Gasteiger partial charge in [-0.25, -0.2) is 0 Å². The highest BCUT2D eigenvalue weighted by Gasteiger charge is 2.13. The number of rotatable bonds is 10. The molecule has 1 saturated heterocycles. The van der Waals surface area contributed by atoms with Gasteiger partial charge >= 0.3 is 6.61 Å². The second-order valence-corrected chi connectivity index (χ2v) is 6.36. The van der Waals surface area contributed by atoms with Crippen LogP contribution in [-0.4, -0.2) is 52.6 Å².